The monoisotopic (exact) mass is 207 g/mol. The van der Waals surface area contributed by atoms with Gasteiger partial charge in [0.25, 0.3) is 10.2 Å². The Morgan fingerprint density at radius 1 is 1.38 bits per heavy atom. The molecule has 1 unspecified atom stereocenters. The van der Waals surface area contributed by atoms with Crippen LogP contribution in [-0.2, 0) is 10.2 Å². The summed E-state index contributed by atoms with van der Waals surface area (Å²) in [6, 6.07) is 0.289. The van der Waals surface area contributed by atoms with Crippen molar-refractivity contribution in [2.24, 2.45) is 0 Å². The first-order valence-electron chi connectivity index (χ1n) is 4.46. The van der Waals surface area contributed by atoms with Crippen LogP contribution in [0.15, 0.2) is 0 Å². The van der Waals surface area contributed by atoms with Gasteiger partial charge in [-0.15, -0.1) is 0 Å². The fraction of sp³-hybridized carbons (Fsp3) is 1.00. The van der Waals surface area contributed by atoms with Crippen molar-refractivity contribution in [3.8, 4) is 0 Å². The molecular formula is C7H17N3O2S. The highest BCUT2D eigenvalue weighted by molar-refractivity contribution is 7.87. The average Bonchev–Trinajstić information content (AvgIpc) is 2.18. The van der Waals surface area contributed by atoms with Gasteiger partial charge in [-0.3, -0.25) is 0 Å². The second kappa shape index (κ2) is 4.36. The zero-order valence-corrected chi connectivity index (χ0v) is 8.89. The number of rotatable bonds is 3. The number of hydrogen-bond acceptors (Lipinski definition) is 3. The predicted molar refractivity (Wildman–Crippen MR) is 51.6 cm³/mol. The Morgan fingerprint density at radius 3 is 2.62 bits per heavy atom. The maximum absolute atomic E-state index is 11.4. The highest BCUT2D eigenvalue weighted by atomic mass is 32.2. The Morgan fingerprint density at radius 2 is 2.08 bits per heavy atom. The van der Waals surface area contributed by atoms with Gasteiger partial charge in [-0.1, -0.05) is 0 Å². The molecule has 0 aromatic rings. The van der Waals surface area contributed by atoms with E-state index in [1.165, 1.54) is 11.4 Å². The molecule has 0 aromatic carbocycles. The standard InChI is InChI=1S/C7H17N3O2S/c1-8-7-4-3-5-10(6-7)13(11,12)9-2/h7-9H,3-6H2,1-2H3. The minimum absolute atomic E-state index is 0.289. The molecule has 5 nitrogen and oxygen atoms in total. The van der Waals surface area contributed by atoms with E-state index in [0.29, 0.717) is 13.1 Å². The lowest BCUT2D eigenvalue weighted by Gasteiger charge is -2.31. The molecular weight excluding hydrogens is 190 g/mol. The zero-order valence-electron chi connectivity index (χ0n) is 8.08. The highest BCUT2D eigenvalue weighted by Crippen LogP contribution is 2.12. The van der Waals surface area contributed by atoms with Crippen LogP contribution < -0.4 is 10.0 Å². The summed E-state index contributed by atoms with van der Waals surface area (Å²) in [7, 11) is 0.0831. The van der Waals surface area contributed by atoms with E-state index in [1.54, 1.807) is 0 Å². The van der Waals surface area contributed by atoms with Crippen molar-refractivity contribution in [2.75, 3.05) is 27.2 Å². The van der Waals surface area contributed by atoms with Gasteiger partial charge in [-0.25, -0.2) is 4.72 Å². The van der Waals surface area contributed by atoms with Gasteiger partial charge in [-0.2, -0.15) is 12.7 Å². The number of hydrogen-bond donors (Lipinski definition) is 2. The molecule has 0 aromatic heterocycles. The summed E-state index contributed by atoms with van der Waals surface area (Å²) < 4.78 is 26.6. The molecule has 0 amide bonds. The van der Waals surface area contributed by atoms with E-state index in [1.807, 2.05) is 7.05 Å². The Labute approximate surface area is 79.7 Å². The Kier molecular flexibility index (Phi) is 3.66. The van der Waals surface area contributed by atoms with Crippen LogP contribution in [0.3, 0.4) is 0 Å². The zero-order chi connectivity index (χ0) is 9.90. The Bertz CT molecular complexity index is 252. The Balaban J connectivity index is 2.61. The van der Waals surface area contributed by atoms with Crippen LogP contribution in [0, 0.1) is 0 Å². The minimum Gasteiger partial charge on any atom is -0.316 e. The van der Waals surface area contributed by atoms with Gasteiger partial charge in [0.15, 0.2) is 0 Å². The first-order chi connectivity index (χ1) is 6.10. The molecule has 78 valence electrons. The normalized spacial score (nSPS) is 26.2. The molecule has 1 heterocycles. The molecule has 1 saturated heterocycles. The molecule has 6 heteroatoms. The van der Waals surface area contributed by atoms with Crippen LogP contribution in [-0.4, -0.2) is 45.9 Å². The van der Waals surface area contributed by atoms with Crippen molar-refractivity contribution in [1.29, 1.82) is 0 Å². The lowest BCUT2D eigenvalue weighted by Crippen LogP contribution is -2.49. The maximum atomic E-state index is 11.4. The van der Waals surface area contributed by atoms with Crippen LogP contribution in [0.5, 0.6) is 0 Å². The van der Waals surface area contributed by atoms with E-state index >= 15 is 0 Å². The third kappa shape index (κ3) is 2.63. The summed E-state index contributed by atoms with van der Waals surface area (Å²) in [6.07, 6.45) is 1.97. The number of piperidine rings is 1. The van der Waals surface area contributed by atoms with Crippen molar-refractivity contribution in [1.82, 2.24) is 14.3 Å². The minimum atomic E-state index is -3.22. The molecule has 0 saturated carbocycles. The largest absolute Gasteiger partial charge is 0.316 e. The maximum Gasteiger partial charge on any atom is 0.279 e. The molecule has 1 aliphatic rings. The summed E-state index contributed by atoms with van der Waals surface area (Å²) in [5, 5.41) is 3.10. The summed E-state index contributed by atoms with van der Waals surface area (Å²) >= 11 is 0. The first kappa shape index (κ1) is 10.9. The van der Waals surface area contributed by atoms with Gasteiger partial charge in [0.05, 0.1) is 0 Å². The molecule has 1 aliphatic heterocycles. The topological polar surface area (TPSA) is 61.4 Å². The first-order valence-corrected chi connectivity index (χ1v) is 5.90. The van der Waals surface area contributed by atoms with Crippen LogP contribution in [0.4, 0.5) is 0 Å². The van der Waals surface area contributed by atoms with E-state index in [4.69, 9.17) is 0 Å². The molecule has 0 radical (unpaired) electrons. The van der Waals surface area contributed by atoms with Crippen molar-refractivity contribution in [2.45, 2.75) is 18.9 Å². The molecule has 0 aliphatic carbocycles. The smallest absolute Gasteiger partial charge is 0.279 e. The van der Waals surface area contributed by atoms with E-state index in [0.717, 1.165) is 12.8 Å². The van der Waals surface area contributed by atoms with Crippen molar-refractivity contribution in [3.05, 3.63) is 0 Å². The molecule has 0 bridgehead atoms. The summed E-state index contributed by atoms with van der Waals surface area (Å²) in [4.78, 5) is 0. The van der Waals surface area contributed by atoms with E-state index in [2.05, 4.69) is 10.0 Å². The van der Waals surface area contributed by atoms with Crippen molar-refractivity contribution in [3.63, 3.8) is 0 Å². The number of nitrogens with one attached hydrogen (secondary N) is 2. The SMILES string of the molecule is CNC1CCCN(S(=O)(=O)NC)C1. The van der Waals surface area contributed by atoms with Crippen molar-refractivity contribution < 1.29 is 8.42 Å². The van der Waals surface area contributed by atoms with Gasteiger partial charge >= 0.3 is 0 Å². The third-order valence-electron chi connectivity index (χ3n) is 2.39. The molecule has 0 spiro atoms. The van der Waals surface area contributed by atoms with E-state index < -0.39 is 10.2 Å². The summed E-state index contributed by atoms with van der Waals surface area (Å²) in [5.74, 6) is 0. The summed E-state index contributed by atoms with van der Waals surface area (Å²) in [5.41, 5.74) is 0. The lowest BCUT2D eigenvalue weighted by atomic mass is 10.1. The second-order valence-corrected chi connectivity index (χ2v) is 5.07. The van der Waals surface area contributed by atoms with Crippen LogP contribution >= 0.6 is 0 Å². The molecule has 1 atom stereocenters. The quantitative estimate of drug-likeness (QED) is 0.633. The fourth-order valence-electron chi connectivity index (χ4n) is 1.53. The fourth-order valence-corrected chi connectivity index (χ4v) is 2.53. The average molecular weight is 207 g/mol. The van der Waals surface area contributed by atoms with Gasteiger partial charge < -0.3 is 5.32 Å². The predicted octanol–water partition coefficient (Wildman–Crippen LogP) is -0.866. The van der Waals surface area contributed by atoms with Gasteiger partial charge in [0.2, 0.25) is 0 Å². The lowest BCUT2D eigenvalue weighted by molar-refractivity contribution is 0.290. The third-order valence-corrected chi connectivity index (χ3v) is 3.92. The van der Waals surface area contributed by atoms with Crippen LogP contribution in [0.2, 0.25) is 0 Å². The molecule has 13 heavy (non-hydrogen) atoms. The van der Waals surface area contributed by atoms with E-state index in [-0.39, 0.29) is 6.04 Å². The summed E-state index contributed by atoms with van der Waals surface area (Å²) in [6.45, 7) is 1.20. The number of likely N-dealkylation sites (N-methyl/N-ethyl adjacent to an activating group) is 1. The Hall–Kier alpha value is -0.170. The second-order valence-electron chi connectivity index (χ2n) is 3.20. The molecule has 1 rings (SSSR count). The number of nitrogens with zero attached hydrogens (tertiary/aromatic N) is 1. The van der Waals surface area contributed by atoms with Crippen LogP contribution in [0.1, 0.15) is 12.8 Å². The molecule has 2 N–H and O–H groups in total. The van der Waals surface area contributed by atoms with Crippen LogP contribution in [0.25, 0.3) is 0 Å². The molecule has 1 fully saturated rings. The highest BCUT2D eigenvalue weighted by Gasteiger charge is 2.26. The van der Waals surface area contributed by atoms with E-state index in [9.17, 15) is 8.42 Å². The van der Waals surface area contributed by atoms with Gasteiger partial charge in [0, 0.05) is 26.2 Å². The van der Waals surface area contributed by atoms with Gasteiger partial charge in [0.1, 0.15) is 0 Å². The van der Waals surface area contributed by atoms with Gasteiger partial charge in [-0.05, 0) is 19.9 Å². The van der Waals surface area contributed by atoms with Crippen molar-refractivity contribution >= 4 is 10.2 Å².